The van der Waals surface area contributed by atoms with Crippen molar-refractivity contribution in [3.63, 3.8) is 0 Å². The number of aromatic hydroxyl groups is 2. The maximum atomic E-state index is 11.9. The number of phenols is 2. The quantitative estimate of drug-likeness (QED) is 0.460. The van der Waals surface area contributed by atoms with E-state index in [0.29, 0.717) is 11.1 Å². The highest BCUT2D eigenvalue weighted by molar-refractivity contribution is 5.95. The lowest BCUT2D eigenvalue weighted by atomic mass is 10.1. The normalized spacial score (nSPS) is 10.8. The molecule has 0 radical (unpaired) electrons. The Hall–Kier alpha value is -2.82. The van der Waals surface area contributed by atoms with Crippen molar-refractivity contribution in [2.45, 2.75) is 13.8 Å². The average Bonchev–Trinajstić information content (AvgIpc) is 2.45. The number of benzene rings is 2. The highest BCUT2D eigenvalue weighted by atomic mass is 16.3. The first kappa shape index (κ1) is 14.6. The standard InChI is InChI=1S/C16H16N2O3/c1-10-3-5-13(7-11(10)2)16(21)18-17-9-12-4-6-14(19)15(20)8-12/h3-9,19-20H,1-2H3,(H,18,21)/b17-9+. The fourth-order valence-electron chi connectivity index (χ4n) is 1.73. The Morgan fingerprint density at radius 2 is 1.81 bits per heavy atom. The summed E-state index contributed by atoms with van der Waals surface area (Å²) in [4.78, 5) is 11.9. The molecule has 2 rings (SSSR count). The number of hydrazone groups is 1. The van der Waals surface area contributed by atoms with E-state index in [1.54, 1.807) is 18.2 Å². The summed E-state index contributed by atoms with van der Waals surface area (Å²) >= 11 is 0. The summed E-state index contributed by atoms with van der Waals surface area (Å²) in [5, 5.41) is 22.4. The van der Waals surface area contributed by atoms with Crippen LogP contribution in [0.15, 0.2) is 41.5 Å². The molecule has 21 heavy (non-hydrogen) atoms. The van der Waals surface area contributed by atoms with Gasteiger partial charge >= 0.3 is 0 Å². The van der Waals surface area contributed by atoms with Crippen LogP contribution in [0.3, 0.4) is 0 Å². The second-order valence-corrected chi connectivity index (χ2v) is 4.75. The summed E-state index contributed by atoms with van der Waals surface area (Å²) < 4.78 is 0. The van der Waals surface area contributed by atoms with E-state index in [-0.39, 0.29) is 17.4 Å². The zero-order valence-electron chi connectivity index (χ0n) is 11.8. The number of phenolic OH excluding ortho intramolecular Hbond substituents is 2. The second kappa shape index (κ2) is 6.09. The van der Waals surface area contributed by atoms with Crippen LogP contribution in [0.25, 0.3) is 0 Å². The lowest BCUT2D eigenvalue weighted by molar-refractivity contribution is 0.0955. The lowest BCUT2D eigenvalue weighted by Gasteiger charge is -2.04. The van der Waals surface area contributed by atoms with Crippen molar-refractivity contribution in [2.24, 2.45) is 5.10 Å². The smallest absolute Gasteiger partial charge is 0.271 e. The largest absolute Gasteiger partial charge is 0.504 e. The number of rotatable bonds is 3. The van der Waals surface area contributed by atoms with Crippen LogP contribution in [0.1, 0.15) is 27.0 Å². The van der Waals surface area contributed by atoms with Crippen LogP contribution in [-0.2, 0) is 0 Å². The average molecular weight is 284 g/mol. The molecular formula is C16H16N2O3. The Kier molecular flexibility index (Phi) is 4.23. The minimum absolute atomic E-state index is 0.202. The molecule has 0 heterocycles. The van der Waals surface area contributed by atoms with Crippen molar-refractivity contribution >= 4 is 12.1 Å². The van der Waals surface area contributed by atoms with E-state index in [1.807, 2.05) is 19.9 Å². The monoisotopic (exact) mass is 284 g/mol. The van der Waals surface area contributed by atoms with E-state index >= 15 is 0 Å². The first-order valence-corrected chi connectivity index (χ1v) is 6.40. The first-order chi connectivity index (χ1) is 9.97. The molecule has 5 nitrogen and oxygen atoms in total. The van der Waals surface area contributed by atoms with Crippen LogP contribution in [0, 0.1) is 13.8 Å². The van der Waals surface area contributed by atoms with Gasteiger partial charge in [-0.25, -0.2) is 5.43 Å². The number of aryl methyl sites for hydroxylation is 2. The molecule has 0 saturated heterocycles. The SMILES string of the molecule is Cc1ccc(C(=O)N/N=C/c2ccc(O)c(O)c2)cc1C. The van der Waals surface area contributed by atoms with Crippen molar-refractivity contribution in [3.8, 4) is 11.5 Å². The lowest BCUT2D eigenvalue weighted by Crippen LogP contribution is -2.17. The van der Waals surface area contributed by atoms with Gasteiger partial charge < -0.3 is 10.2 Å². The first-order valence-electron chi connectivity index (χ1n) is 6.40. The molecule has 0 unspecified atom stereocenters. The van der Waals surface area contributed by atoms with Crippen LogP contribution in [0.4, 0.5) is 0 Å². The predicted molar refractivity (Wildman–Crippen MR) is 80.7 cm³/mol. The molecule has 0 fully saturated rings. The molecule has 1 amide bonds. The maximum Gasteiger partial charge on any atom is 0.271 e. The van der Waals surface area contributed by atoms with Crippen LogP contribution >= 0.6 is 0 Å². The molecule has 108 valence electrons. The number of hydrogen-bond acceptors (Lipinski definition) is 4. The highest BCUT2D eigenvalue weighted by Gasteiger charge is 2.05. The van der Waals surface area contributed by atoms with Crippen LogP contribution in [-0.4, -0.2) is 22.3 Å². The van der Waals surface area contributed by atoms with Gasteiger partial charge in [-0.05, 0) is 60.9 Å². The van der Waals surface area contributed by atoms with Crippen molar-refractivity contribution in [2.75, 3.05) is 0 Å². The Morgan fingerprint density at radius 1 is 1.05 bits per heavy atom. The summed E-state index contributed by atoms with van der Waals surface area (Å²) in [6.07, 6.45) is 1.39. The van der Waals surface area contributed by atoms with Crippen LogP contribution in [0.2, 0.25) is 0 Å². The number of hydrogen-bond donors (Lipinski definition) is 3. The number of nitrogens with one attached hydrogen (secondary N) is 1. The van der Waals surface area contributed by atoms with Gasteiger partial charge in [0, 0.05) is 5.56 Å². The van der Waals surface area contributed by atoms with E-state index in [9.17, 15) is 15.0 Å². The zero-order valence-corrected chi connectivity index (χ0v) is 11.8. The third-order valence-corrected chi connectivity index (χ3v) is 3.15. The molecule has 0 spiro atoms. The fourth-order valence-corrected chi connectivity index (χ4v) is 1.73. The molecule has 2 aromatic rings. The van der Waals surface area contributed by atoms with Gasteiger partial charge in [0.05, 0.1) is 6.21 Å². The van der Waals surface area contributed by atoms with E-state index in [1.165, 1.54) is 18.3 Å². The predicted octanol–water partition coefficient (Wildman–Crippen LogP) is 2.48. The topological polar surface area (TPSA) is 81.9 Å². The van der Waals surface area contributed by atoms with E-state index in [4.69, 9.17) is 0 Å². The van der Waals surface area contributed by atoms with Gasteiger partial charge in [0.25, 0.3) is 5.91 Å². The fraction of sp³-hybridized carbons (Fsp3) is 0.125. The van der Waals surface area contributed by atoms with Gasteiger partial charge in [0.15, 0.2) is 11.5 Å². The summed E-state index contributed by atoms with van der Waals surface area (Å²) in [6.45, 7) is 3.92. The van der Waals surface area contributed by atoms with Gasteiger partial charge in [-0.15, -0.1) is 0 Å². The minimum Gasteiger partial charge on any atom is -0.504 e. The number of nitrogens with zero attached hydrogens (tertiary/aromatic N) is 1. The highest BCUT2D eigenvalue weighted by Crippen LogP contribution is 2.23. The Bertz CT molecular complexity index is 709. The van der Waals surface area contributed by atoms with Crippen molar-refractivity contribution in [1.82, 2.24) is 5.43 Å². The molecule has 5 heteroatoms. The maximum absolute atomic E-state index is 11.9. The number of amides is 1. The third-order valence-electron chi connectivity index (χ3n) is 3.15. The molecule has 0 atom stereocenters. The molecule has 0 aliphatic carbocycles. The second-order valence-electron chi connectivity index (χ2n) is 4.75. The van der Waals surface area contributed by atoms with Crippen LogP contribution in [0.5, 0.6) is 11.5 Å². The van der Waals surface area contributed by atoms with Gasteiger partial charge in [-0.1, -0.05) is 6.07 Å². The number of carbonyl (C=O) groups excluding carboxylic acids is 1. The summed E-state index contributed by atoms with van der Waals surface area (Å²) in [7, 11) is 0. The van der Waals surface area contributed by atoms with Gasteiger partial charge in [-0.3, -0.25) is 4.79 Å². The summed E-state index contributed by atoms with van der Waals surface area (Å²) in [5.41, 5.74) is 5.66. The third kappa shape index (κ3) is 3.60. The molecule has 0 aromatic heterocycles. The van der Waals surface area contributed by atoms with Crippen LogP contribution < -0.4 is 5.43 Å². The van der Waals surface area contributed by atoms with Gasteiger partial charge in [0.2, 0.25) is 0 Å². The van der Waals surface area contributed by atoms with Crippen molar-refractivity contribution < 1.29 is 15.0 Å². The Balaban J connectivity index is 2.04. The molecule has 0 aliphatic rings. The van der Waals surface area contributed by atoms with Gasteiger partial charge in [-0.2, -0.15) is 5.10 Å². The molecule has 0 aliphatic heterocycles. The summed E-state index contributed by atoms with van der Waals surface area (Å²) in [6, 6.07) is 9.68. The van der Waals surface area contributed by atoms with Gasteiger partial charge in [0.1, 0.15) is 0 Å². The molecule has 3 N–H and O–H groups in total. The van der Waals surface area contributed by atoms with E-state index in [0.717, 1.165) is 11.1 Å². The molecule has 2 aromatic carbocycles. The Labute approximate surface area is 122 Å². The van der Waals surface area contributed by atoms with Crippen molar-refractivity contribution in [1.29, 1.82) is 0 Å². The zero-order chi connectivity index (χ0) is 15.4. The molecule has 0 saturated carbocycles. The van der Waals surface area contributed by atoms with E-state index < -0.39 is 0 Å². The Morgan fingerprint density at radius 3 is 2.48 bits per heavy atom. The molecular weight excluding hydrogens is 268 g/mol. The van der Waals surface area contributed by atoms with E-state index in [2.05, 4.69) is 10.5 Å². The summed E-state index contributed by atoms with van der Waals surface area (Å²) in [5.74, 6) is -0.747. The van der Waals surface area contributed by atoms with Crippen molar-refractivity contribution in [3.05, 3.63) is 58.7 Å². The number of carbonyl (C=O) groups is 1. The molecule has 0 bridgehead atoms. The minimum atomic E-state index is -0.308.